The number of carbonyl (C=O) groups is 1. The fourth-order valence-electron chi connectivity index (χ4n) is 1.90. The Balaban J connectivity index is 2.32. The lowest BCUT2D eigenvalue weighted by Gasteiger charge is -2.05. The van der Waals surface area contributed by atoms with Crippen LogP contribution >= 0.6 is 0 Å². The summed E-state index contributed by atoms with van der Waals surface area (Å²) in [5.74, 6) is -0.140. The van der Waals surface area contributed by atoms with Gasteiger partial charge in [-0.05, 0) is 25.0 Å². The van der Waals surface area contributed by atoms with Crippen LogP contribution in [0.25, 0.3) is 5.65 Å². The van der Waals surface area contributed by atoms with Crippen LogP contribution in [0.1, 0.15) is 29.5 Å². The highest BCUT2D eigenvalue weighted by Crippen LogP contribution is 2.13. The normalized spacial score (nSPS) is 10.8. The summed E-state index contributed by atoms with van der Waals surface area (Å²) < 4.78 is 1.80. The maximum atomic E-state index is 12.1. The highest BCUT2D eigenvalue weighted by molar-refractivity contribution is 5.94. The number of imidazole rings is 1. The van der Waals surface area contributed by atoms with Gasteiger partial charge in [0.15, 0.2) is 0 Å². The van der Waals surface area contributed by atoms with Crippen LogP contribution in [0.3, 0.4) is 0 Å². The number of amides is 1. The van der Waals surface area contributed by atoms with Gasteiger partial charge in [-0.15, -0.1) is 0 Å². The number of aromatic nitrogens is 2. The van der Waals surface area contributed by atoms with Crippen molar-refractivity contribution in [2.45, 2.75) is 19.8 Å². The topological polar surface area (TPSA) is 66.6 Å². The van der Waals surface area contributed by atoms with E-state index >= 15 is 0 Å². The lowest BCUT2D eigenvalue weighted by molar-refractivity contribution is 0.0944. The molecule has 0 radical (unpaired) electrons. The van der Waals surface area contributed by atoms with E-state index in [2.05, 4.69) is 10.3 Å². The van der Waals surface area contributed by atoms with E-state index in [1.807, 2.05) is 31.3 Å². The number of hydrogen-bond donors (Lipinski definition) is 2. The van der Waals surface area contributed by atoms with E-state index in [1.165, 1.54) is 0 Å². The average Bonchev–Trinajstić information content (AvgIpc) is 2.77. The predicted octanol–water partition coefficient (Wildman–Crippen LogP) is 1.01. The Hall–Kier alpha value is -1.88. The molecule has 0 spiro atoms. The molecule has 0 atom stereocenters. The molecule has 0 fully saturated rings. The molecule has 2 aromatic heterocycles. The summed E-state index contributed by atoms with van der Waals surface area (Å²) in [6.45, 7) is 2.53. The molecular weight excluding hydrogens is 230 g/mol. The third kappa shape index (κ3) is 2.36. The zero-order valence-corrected chi connectivity index (χ0v) is 10.4. The van der Waals surface area contributed by atoms with Crippen LogP contribution < -0.4 is 5.32 Å². The molecule has 2 rings (SSSR count). The van der Waals surface area contributed by atoms with Gasteiger partial charge in [0, 0.05) is 19.3 Å². The Kier molecular flexibility index (Phi) is 3.94. The predicted molar refractivity (Wildman–Crippen MR) is 68.6 cm³/mol. The summed E-state index contributed by atoms with van der Waals surface area (Å²) in [7, 11) is 0. The molecule has 2 heterocycles. The van der Waals surface area contributed by atoms with Gasteiger partial charge >= 0.3 is 0 Å². The fraction of sp³-hybridized carbons (Fsp3) is 0.385. The third-order valence-corrected chi connectivity index (χ3v) is 2.77. The lowest BCUT2D eigenvalue weighted by Crippen LogP contribution is -2.27. The molecule has 0 saturated carbocycles. The highest BCUT2D eigenvalue weighted by Gasteiger charge is 2.17. The van der Waals surface area contributed by atoms with E-state index in [4.69, 9.17) is 5.11 Å². The van der Waals surface area contributed by atoms with Gasteiger partial charge < -0.3 is 10.4 Å². The first-order valence-corrected chi connectivity index (χ1v) is 6.13. The summed E-state index contributed by atoms with van der Waals surface area (Å²) in [4.78, 5) is 16.6. The van der Waals surface area contributed by atoms with E-state index in [0.717, 1.165) is 11.3 Å². The molecule has 5 nitrogen and oxygen atoms in total. The first-order valence-electron chi connectivity index (χ1n) is 6.13. The second-order valence-corrected chi connectivity index (χ2v) is 4.02. The Morgan fingerprint density at radius 2 is 2.33 bits per heavy atom. The Morgan fingerprint density at radius 3 is 3.06 bits per heavy atom. The molecule has 18 heavy (non-hydrogen) atoms. The van der Waals surface area contributed by atoms with Crippen molar-refractivity contribution in [3.05, 3.63) is 35.8 Å². The summed E-state index contributed by atoms with van der Waals surface area (Å²) >= 11 is 0. The van der Waals surface area contributed by atoms with Crippen LogP contribution in [-0.2, 0) is 6.42 Å². The Labute approximate surface area is 105 Å². The number of hydrogen-bond acceptors (Lipinski definition) is 3. The Bertz CT molecular complexity index is 548. The zero-order valence-electron chi connectivity index (χ0n) is 10.4. The van der Waals surface area contributed by atoms with Crippen molar-refractivity contribution < 1.29 is 9.90 Å². The SMILES string of the molecule is CCc1nc2ccccn2c1C(=O)NCCCO. The summed E-state index contributed by atoms with van der Waals surface area (Å²) in [6.07, 6.45) is 3.11. The van der Waals surface area contributed by atoms with Crippen molar-refractivity contribution in [1.29, 1.82) is 0 Å². The monoisotopic (exact) mass is 247 g/mol. The van der Waals surface area contributed by atoms with E-state index in [9.17, 15) is 4.79 Å². The maximum absolute atomic E-state index is 12.1. The molecule has 96 valence electrons. The van der Waals surface area contributed by atoms with Crippen LogP contribution in [0.2, 0.25) is 0 Å². The van der Waals surface area contributed by atoms with E-state index in [-0.39, 0.29) is 12.5 Å². The largest absolute Gasteiger partial charge is 0.396 e. The first kappa shape index (κ1) is 12.6. The molecule has 0 aliphatic heterocycles. The number of aliphatic hydroxyl groups is 1. The molecule has 2 aromatic rings. The minimum Gasteiger partial charge on any atom is -0.396 e. The van der Waals surface area contributed by atoms with Gasteiger partial charge in [-0.1, -0.05) is 13.0 Å². The van der Waals surface area contributed by atoms with Crippen molar-refractivity contribution >= 4 is 11.6 Å². The van der Waals surface area contributed by atoms with Gasteiger partial charge in [-0.3, -0.25) is 9.20 Å². The standard InChI is InChI=1S/C13H17N3O2/c1-2-10-12(13(18)14-7-5-9-17)16-8-4-3-6-11(16)15-10/h3-4,6,8,17H,2,5,7,9H2,1H3,(H,14,18). The third-order valence-electron chi connectivity index (χ3n) is 2.77. The number of nitrogens with one attached hydrogen (secondary N) is 1. The highest BCUT2D eigenvalue weighted by atomic mass is 16.3. The lowest BCUT2D eigenvalue weighted by atomic mass is 10.2. The molecule has 0 saturated heterocycles. The van der Waals surface area contributed by atoms with Gasteiger partial charge in [0.1, 0.15) is 11.3 Å². The molecule has 0 aliphatic carbocycles. The molecule has 0 aliphatic rings. The molecule has 5 heteroatoms. The van der Waals surface area contributed by atoms with Gasteiger partial charge in [0.2, 0.25) is 0 Å². The summed E-state index contributed by atoms with van der Waals surface area (Å²) in [5, 5.41) is 11.5. The molecule has 0 bridgehead atoms. The quantitative estimate of drug-likeness (QED) is 0.775. The van der Waals surface area contributed by atoms with Crippen LogP contribution in [0.15, 0.2) is 24.4 Å². The molecule has 1 amide bonds. The van der Waals surface area contributed by atoms with Crippen LogP contribution in [0.5, 0.6) is 0 Å². The minimum absolute atomic E-state index is 0.0774. The number of rotatable bonds is 5. The van der Waals surface area contributed by atoms with Crippen LogP contribution in [-0.4, -0.2) is 33.6 Å². The second kappa shape index (κ2) is 5.64. The number of aryl methyl sites for hydroxylation is 1. The number of fused-ring (bicyclic) bond motifs is 1. The number of carbonyl (C=O) groups excluding carboxylic acids is 1. The van der Waals surface area contributed by atoms with E-state index in [1.54, 1.807) is 4.40 Å². The first-order chi connectivity index (χ1) is 8.77. The fourth-order valence-corrected chi connectivity index (χ4v) is 1.90. The molecule has 2 N–H and O–H groups in total. The average molecular weight is 247 g/mol. The van der Waals surface area contributed by atoms with Crippen molar-refractivity contribution in [2.24, 2.45) is 0 Å². The van der Waals surface area contributed by atoms with Gasteiger partial charge in [-0.2, -0.15) is 0 Å². The second-order valence-electron chi connectivity index (χ2n) is 4.02. The summed E-state index contributed by atoms with van der Waals surface area (Å²) in [6, 6.07) is 5.65. The van der Waals surface area contributed by atoms with Gasteiger partial charge in [0.05, 0.1) is 5.69 Å². The van der Waals surface area contributed by atoms with Crippen molar-refractivity contribution in [3.63, 3.8) is 0 Å². The van der Waals surface area contributed by atoms with Crippen molar-refractivity contribution in [3.8, 4) is 0 Å². The zero-order chi connectivity index (χ0) is 13.0. The summed E-state index contributed by atoms with van der Waals surface area (Å²) in [5.41, 5.74) is 2.16. The molecule has 0 aromatic carbocycles. The maximum Gasteiger partial charge on any atom is 0.270 e. The smallest absolute Gasteiger partial charge is 0.270 e. The minimum atomic E-state index is -0.140. The number of aliphatic hydroxyl groups excluding tert-OH is 1. The Morgan fingerprint density at radius 1 is 1.50 bits per heavy atom. The number of nitrogens with zero attached hydrogens (tertiary/aromatic N) is 2. The van der Waals surface area contributed by atoms with E-state index in [0.29, 0.717) is 25.1 Å². The van der Waals surface area contributed by atoms with E-state index < -0.39 is 0 Å². The van der Waals surface area contributed by atoms with Crippen molar-refractivity contribution in [1.82, 2.24) is 14.7 Å². The van der Waals surface area contributed by atoms with Crippen LogP contribution in [0.4, 0.5) is 0 Å². The van der Waals surface area contributed by atoms with Crippen LogP contribution in [0, 0.1) is 0 Å². The van der Waals surface area contributed by atoms with Gasteiger partial charge in [0.25, 0.3) is 5.91 Å². The van der Waals surface area contributed by atoms with Crippen molar-refractivity contribution in [2.75, 3.05) is 13.2 Å². The molecule has 0 unspecified atom stereocenters. The number of pyridine rings is 1. The van der Waals surface area contributed by atoms with Gasteiger partial charge in [-0.25, -0.2) is 4.98 Å². The molecular formula is C13H17N3O2.